The molecule has 2 N–H and O–H groups in total. The average molecular weight is 287 g/mol. The van der Waals surface area contributed by atoms with Crippen LogP contribution in [0.5, 0.6) is 0 Å². The van der Waals surface area contributed by atoms with Crippen molar-refractivity contribution in [2.75, 3.05) is 13.7 Å². The first-order chi connectivity index (χ1) is 8.88. The van der Waals surface area contributed by atoms with E-state index >= 15 is 0 Å². The number of carbonyl (C=O) groups excluding carboxylic acids is 1. The van der Waals surface area contributed by atoms with E-state index in [-0.39, 0.29) is 12.4 Å². The highest BCUT2D eigenvalue weighted by atomic mass is 32.2. The van der Waals surface area contributed by atoms with Gasteiger partial charge in [0, 0.05) is 6.04 Å². The Morgan fingerprint density at radius 2 is 2.16 bits per heavy atom. The molecule has 0 fully saturated rings. The topological polar surface area (TPSA) is 92.7 Å². The van der Waals surface area contributed by atoms with Crippen LogP contribution in [-0.2, 0) is 20.5 Å². The van der Waals surface area contributed by atoms with Gasteiger partial charge in [-0.1, -0.05) is 12.1 Å². The van der Waals surface area contributed by atoms with Crippen molar-refractivity contribution in [3.05, 3.63) is 35.4 Å². The van der Waals surface area contributed by atoms with E-state index in [9.17, 15) is 13.2 Å². The van der Waals surface area contributed by atoms with Gasteiger partial charge in [0.15, 0.2) is 0 Å². The molecule has 0 aliphatic heterocycles. The molecule has 1 aromatic carbocycles. The molecule has 7 heteroatoms. The van der Waals surface area contributed by atoms with Crippen LogP contribution in [0.15, 0.2) is 24.3 Å². The monoisotopic (exact) mass is 287 g/mol. The highest BCUT2D eigenvalue weighted by Gasteiger charge is 2.15. The smallest absolute Gasteiger partial charge is 0.337 e. The van der Waals surface area contributed by atoms with Gasteiger partial charge in [0.05, 0.1) is 25.0 Å². The summed E-state index contributed by atoms with van der Waals surface area (Å²) < 4.78 is 30.5. The standard InChI is InChI=1S/C12H17NO5S/c1-9(7-14)13-19(16,17)8-10-4-3-5-11(6-10)12(15)18-2/h3-6,9,13-14H,7-8H2,1-2H3/t9-/m1/s1. The summed E-state index contributed by atoms with van der Waals surface area (Å²) in [6.07, 6.45) is 0. The Bertz CT molecular complexity index is 541. The molecule has 0 unspecified atom stereocenters. The lowest BCUT2D eigenvalue weighted by Gasteiger charge is -2.11. The molecule has 0 bridgehead atoms. The number of sulfonamides is 1. The minimum absolute atomic E-state index is 0.262. The molecular formula is C12H17NO5S. The van der Waals surface area contributed by atoms with Crippen LogP contribution >= 0.6 is 0 Å². The molecule has 0 amide bonds. The second kappa shape index (κ2) is 6.65. The second-order valence-corrected chi connectivity index (χ2v) is 5.91. The zero-order valence-electron chi connectivity index (χ0n) is 10.8. The normalized spacial score (nSPS) is 13.0. The Balaban J connectivity index is 2.85. The van der Waals surface area contributed by atoms with Gasteiger partial charge >= 0.3 is 5.97 Å². The maximum atomic E-state index is 11.8. The summed E-state index contributed by atoms with van der Waals surface area (Å²) >= 11 is 0. The highest BCUT2D eigenvalue weighted by molar-refractivity contribution is 7.88. The van der Waals surface area contributed by atoms with Crippen LogP contribution < -0.4 is 4.72 Å². The fraction of sp³-hybridized carbons (Fsp3) is 0.417. The molecule has 6 nitrogen and oxygen atoms in total. The van der Waals surface area contributed by atoms with E-state index in [1.165, 1.54) is 13.2 Å². The van der Waals surface area contributed by atoms with Gasteiger partial charge in [0.25, 0.3) is 0 Å². The summed E-state index contributed by atoms with van der Waals surface area (Å²) in [5.74, 6) is -0.779. The summed E-state index contributed by atoms with van der Waals surface area (Å²) in [6, 6.07) is 5.66. The summed E-state index contributed by atoms with van der Waals surface area (Å²) in [4.78, 5) is 11.3. The molecule has 1 aromatic rings. The predicted molar refractivity (Wildman–Crippen MR) is 70.1 cm³/mol. The number of hydrogen-bond acceptors (Lipinski definition) is 5. The number of carbonyl (C=O) groups is 1. The third kappa shape index (κ3) is 4.98. The summed E-state index contributed by atoms with van der Waals surface area (Å²) in [6.45, 7) is 1.28. The minimum Gasteiger partial charge on any atom is -0.465 e. The summed E-state index contributed by atoms with van der Waals surface area (Å²) in [7, 11) is -2.30. The van der Waals surface area contributed by atoms with Crippen LogP contribution in [-0.4, -0.2) is 39.3 Å². The van der Waals surface area contributed by atoms with Crippen LogP contribution in [0.25, 0.3) is 0 Å². The van der Waals surface area contributed by atoms with Gasteiger partial charge in [-0.15, -0.1) is 0 Å². The van der Waals surface area contributed by atoms with Gasteiger partial charge in [-0.2, -0.15) is 0 Å². The van der Waals surface area contributed by atoms with Gasteiger partial charge in [-0.3, -0.25) is 0 Å². The number of aliphatic hydroxyl groups is 1. The fourth-order valence-corrected chi connectivity index (χ4v) is 2.90. The fourth-order valence-electron chi connectivity index (χ4n) is 1.51. The molecule has 19 heavy (non-hydrogen) atoms. The van der Waals surface area contributed by atoms with E-state index in [1.54, 1.807) is 25.1 Å². The van der Waals surface area contributed by atoms with Crippen LogP contribution in [0.1, 0.15) is 22.8 Å². The van der Waals surface area contributed by atoms with Gasteiger partial charge in [-0.05, 0) is 24.6 Å². The Labute approximate surface area is 112 Å². The first-order valence-corrected chi connectivity index (χ1v) is 7.31. The van der Waals surface area contributed by atoms with E-state index in [0.29, 0.717) is 11.1 Å². The van der Waals surface area contributed by atoms with E-state index in [2.05, 4.69) is 9.46 Å². The van der Waals surface area contributed by atoms with Crippen molar-refractivity contribution in [2.45, 2.75) is 18.7 Å². The van der Waals surface area contributed by atoms with Crippen molar-refractivity contribution in [2.24, 2.45) is 0 Å². The lowest BCUT2D eigenvalue weighted by Crippen LogP contribution is -2.35. The largest absolute Gasteiger partial charge is 0.465 e. The summed E-state index contributed by atoms with van der Waals surface area (Å²) in [5, 5.41) is 8.82. The quantitative estimate of drug-likeness (QED) is 0.733. The molecule has 1 atom stereocenters. The zero-order valence-corrected chi connectivity index (χ0v) is 11.6. The van der Waals surface area contributed by atoms with Crippen LogP contribution in [0.2, 0.25) is 0 Å². The third-order valence-corrected chi connectivity index (χ3v) is 3.83. The van der Waals surface area contributed by atoms with E-state index in [0.717, 1.165) is 0 Å². The Morgan fingerprint density at radius 1 is 1.47 bits per heavy atom. The Kier molecular flexibility index (Phi) is 5.46. The van der Waals surface area contributed by atoms with Crippen molar-refractivity contribution in [1.82, 2.24) is 4.72 Å². The van der Waals surface area contributed by atoms with Crippen LogP contribution in [0.4, 0.5) is 0 Å². The van der Waals surface area contributed by atoms with Crippen molar-refractivity contribution in [1.29, 1.82) is 0 Å². The van der Waals surface area contributed by atoms with Crippen LogP contribution in [0, 0.1) is 0 Å². The minimum atomic E-state index is -3.56. The van der Waals surface area contributed by atoms with E-state index < -0.39 is 22.0 Å². The number of esters is 1. The van der Waals surface area contributed by atoms with Crippen molar-refractivity contribution < 1.29 is 23.1 Å². The number of benzene rings is 1. The van der Waals surface area contributed by atoms with Crippen molar-refractivity contribution in [3.63, 3.8) is 0 Å². The van der Waals surface area contributed by atoms with Gasteiger partial charge in [0.1, 0.15) is 0 Å². The van der Waals surface area contributed by atoms with Gasteiger partial charge < -0.3 is 9.84 Å². The lowest BCUT2D eigenvalue weighted by atomic mass is 10.1. The number of aliphatic hydroxyl groups excluding tert-OH is 1. The number of hydrogen-bond donors (Lipinski definition) is 2. The molecule has 1 rings (SSSR count). The SMILES string of the molecule is COC(=O)c1cccc(CS(=O)(=O)N[C@H](C)CO)c1. The van der Waals surface area contributed by atoms with E-state index in [4.69, 9.17) is 5.11 Å². The van der Waals surface area contributed by atoms with E-state index in [1.807, 2.05) is 0 Å². The zero-order chi connectivity index (χ0) is 14.5. The Hall–Kier alpha value is -1.44. The molecule has 0 saturated heterocycles. The lowest BCUT2D eigenvalue weighted by molar-refractivity contribution is 0.0600. The molecule has 0 aliphatic rings. The molecule has 106 valence electrons. The summed E-state index contributed by atoms with van der Waals surface area (Å²) in [5.41, 5.74) is 0.769. The molecule has 0 aliphatic carbocycles. The maximum absolute atomic E-state index is 11.8. The molecule has 0 aromatic heterocycles. The number of nitrogens with one attached hydrogen (secondary N) is 1. The third-order valence-electron chi connectivity index (χ3n) is 2.36. The number of methoxy groups -OCH3 is 1. The Morgan fingerprint density at radius 3 is 2.74 bits per heavy atom. The first-order valence-electron chi connectivity index (χ1n) is 5.66. The molecule has 0 spiro atoms. The van der Waals surface area contributed by atoms with Crippen LogP contribution in [0.3, 0.4) is 0 Å². The predicted octanol–water partition coefficient (Wildman–Crippen LogP) is 0.273. The molecular weight excluding hydrogens is 270 g/mol. The molecule has 0 saturated carbocycles. The second-order valence-electron chi connectivity index (χ2n) is 4.15. The molecule has 0 radical (unpaired) electrons. The number of rotatable bonds is 6. The van der Waals surface area contributed by atoms with Crippen molar-refractivity contribution >= 4 is 16.0 Å². The van der Waals surface area contributed by atoms with Gasteiger partial charge in [0.2, 0.25) is 10.0 Å². The maximum Gasteiger partial charge on any atom is 0.337 e. The average Bonchev–Trinajstić information content (AvgIpc) is 2.36. The highest BCUT2D eigenvalue weighted by Crippen LogP contribution is 2.10. The van der Waals surface area contributed by atoms with Crippen molar-refractivity contribution in [3.8, 4) is 0 Å². The first kappa shape index (κ1) is 15.6. The number of ether oxygens (including phenoxy) is 1. The van der Waals surface area contributed by atoms with Gasteiger partial charge in [-0.25, -0.2) is 17.9 Å². The molecule has 0 heterocycles.